The highest BCUT2D eigenvalue weighted by Crippen LogP contribution is 2.48. The lowest BCUT2D eigenvalue weighted by Gasteiger charge is -2.37. The van der Waals surface area contributed by atoms with Crippen molar-refractivity contribution in [1.29, 1.82) is 0 Å². The molecule has 1 aliphatic rings. The lowest BCUT2D eigenvalue weighted by Crippen LogP contribution is -2.35. The molecule has 0 radical (unpaired) electrons. The summed E-state index contributed by atoms with van der Waals surface area (Å²) in [4.78, 5) is 0. The Kier molecular flexibility index (Phi) is 5.56. The van der Waals surface area contributed by atoms with Gasteiger partial charge in [0.2, 0.25) is 0 Å². The van der Waals surface area contributed by atoms with Crippen LogP contribution in [0.25, 0.3) is 16.8 Å². The molecule has 0 bridgehead atoms. The molecule has 0 fully saturated rings. The van der Waals surface area contributed by atoms with E-state index in [1.54, 1.807) is 24.3 Å². The molecule has 0 unspecified atom stereocenters. The van der Waals surface area contributed by atoms with E-state index < -0.39 is 17.2 Å². The largest absolute Gasteiger partial charge is 0.494 e. The standard InChI is InChI=1S/C28H21BrF2O3/c1-16-13-17-5-4-6-21(29)26(17)27-20(16)11-12-28(34-27,18-7-9-24(32-2)22(30)14-18)19-8-10-25(33-3)23(31)15-19/h4-15H,1-3H3. The van der Waals surface area contributed by atoms with Gasteiger partial charge >= 0.3 is 0 Å². The summed E-state index contributed by atoms with van der Waals surface area (Å²) in [6.07, 6.45) is 3.80. The van der Waals surface area contributed by atoms with E-state index in [2.05, 4.69) is 22.0 Å². The molecule has 34 heavy (non-hydrogen) atoms. The van der Waals surface area contributed by atoms with Gasteiger partial charge in [-0.15, -0.1) is 0 Å². The molecule has 0 saturated heterocycles. The van der Waals surface area contributed by atoms with Crippen LogP contribution in [0.2, 0.25) is 0 Å². The maximum absolute atomic E-state index is 14.9. The third-order valence-electron chi connectivity index (χ3n) is 6.22. The van der Waals surface area contributed by atoms with E-state index in [-0.39, 0.29) is 11.5 Å². The van der Waals surface area contributed by atoms with Gasteiger partial charge in [-0.05, 0) is 54.3 Å². The molecule has 172 valence electrons. The molecule has 0 saturated carbocycles. The molecule has 4 aromatic rings. The Balaban J connectivity index is 1.81. The van der Waals surface area contributed by atoms with E-state index in [4.69, 9.17) is 14.2 Å². The topological polar surface area (TPSA) is 27.7 Å². The fraction of sp³-hybridized carbons (Fsp3) is 0.143. The second-order valence-corrected chi connectivity index (χ2v) is 9.00. The van der Waals surface area contributed by atoms with E-state index in [1.165, 1.54) is 26.4 Å². The summed E-state index contributed by atoms with van der Waals surface area (Å²) in [7, 11) is 2.82. The maximum atomic E-state index is 14.9. The van der Waals surface area contributed by atoms with E-state index in [0.717, 1.165) is 26.4 Å². The van der Waals surface area contributed by atoms with Crippen molar-refractivity contribution in [2.75, 3.05) is 14.2 Å². The van der Waals surface area contributed by atoms with Crippen LogP contribution in [-0.2, 0) is 5.60 Å². The van der Waals surface area contributed by atoms with Gasteiger partial charge in [-0.25, -0.2) is 8.78 Å². The summed E-state index contributed by atoms with van der Waals surface area (Å²) >= 11 is 3.65. The summed E-state index contributed by atoms with van der Waals surface area (Å²) in [5.41, 5.74) is 1.66. The van der Waals surface area contributed by atoms with Crippen molar-refractivity contribution in [2.24, 2.45) is 0 Å². The molecule has 0 spiro atoms. The Labute approximate surface area is 204 Å². The average Bonchev–Trinajstić information content (AvgIpc) is 2.83. The van der Waals surface area contributed by atoms with Crippen molar-refractivity contribution in [2.45, 2.75) is 12.5 Å². The van der Waals surface area contributed by atoms with Crippen molar-refractivity contribution in [3.05, 3.63) is 105 Å². The Bertz CT molecular complexity index is 1410. The molecule has 0 N–H and O–H groups in total. The molecule has 0 amide bonds. The van der Waals surface area contributed by atoms with E-state index in [1.807, 2.05) is 37.3 Å². The van der Waals surface area contributed by atoms with Crippen molar-refractivity contribution >= 4 is 32.8 Å². The van der Waals surface area contributed by atoms with Crippen LogP contribution in [0.15, 0.2) is 71.2 Å². The van der Waals surface area contributed by atoms with Crippen LogP contribution in [0.5, 0.6) is 17.2 Å². The zero-order valence-electron chi connectivity index (χ0n) is 18.8. The molecule has 1 heterocycles. The van der Waals surface area contributed by atoms with Crippen molar-refractivity contribution in [3.8, 4) is 17.2 Å². The van der Waals surface area contributed by atoms with Gasteiger partial charge in [-0.1, -0.05) is 52.3 Å². The van der Waals surface area contributed by atoms with Crippen LogP contribution in [-0.4, -0.2) is 14.2 Å². The first-order valence-corrected chi connectivity index (χ1v) is 11.5. The Morgan fingerprint density at radius 1 is 0.853 bits per heavy atom. The predicted molar refractivity (Wildman–Crippen MR) is 133 cm³/mol. The SMILES string of the molecule is COc1ccc(C2(c3ccc(OC)c(F)c3)C=Cc3c(C)cc4cccc(Br)c4c3O2)cc1F. The lowest BCUT2D eigenvalue weighted by atomic mass is 9.82. The number of aryl methyl sites for hydroxylation is 1. The average molecular weight is 523 g/mol. The van der Waals surface area contributed by atoms with Gasteiger partial charge in [-0.2, -0.15) is 0 Å². The molecule has 1 aliphatic heterocycles. The van der Waals surface area contributed by atoms with Gasteiger partial charge in [-0.3, -0.25) is 0 Å². The molecule has 4 aromatic carbocycles. The molecular weight excluding hydrogens is 502 g/mol. The van der Waals surface area contributed by atoms with Gasteiger partial charge in [0.15, 0.2) is 28.7 Å². The minimum absolute atomic E-state index is 0.115. The predicted octanol–water partition coefficient (Wildman–Crippen LogP) is 7.56. The van der Waals surface area contributed by atoms with Crippen LogP contribution in [0.4, 0.5) is 8.78 Å². The monoisotopic (exact) mass is 522 g/mol. The van der Waals surface area contributed by atoms with E-state index in [0.29, 0.717) is 16.9 Å². The first-order chi connectivity index (χ1) is 16.4. The third kappa shape index (κ3) is 3.44. The van der Waals surface area contributed by atoms with Gasteiger partial charge in [0.1, 0.15) is 5.75 Å². The van der Waals surface area contributed by atoms with Gasteiger partial charge in [0, 0.05) is 26.5 Å². The first kappa shape index (κ1) is 22.4. The molecule has 6 heteroatoms. The molecule has 0 atom stereocenters. The molecule has 0 aliphatic carbocycles. The number of hydrogen-bond acceptors (Lipinski definition) is 3. The Morgan fingerprint density at radius 3 is 2.03 bits per heavy atom. The third-order valence-corrected chi connectivity index (χ3v) is 6.88. The molecule has 0 aromatic heterocycles. The Hall–Kier alpha value is -3.38. The van der Waals surface area contributed by atoms with Crippen LogP contribution >= 0.6 is 15.9 Å². The molecule has 5 rings (SSSR count). The zero-order valence-corrected chi connectivity index (χ0v) is 20.4. The second kappa shape index (κ2) is 8.44. The Morgan fingerprint density at radius 2 is 1.47 bits per heavy atom. The number of rotatable bonds is 4. The van der Waals surface area contributed by atoms with Crippen LogP contribution < -0.4 is 14.2 Å². The van der Waals surface area contributed by atoms with Crippen LogP contribution in [0.3, 0.4) is 0 Å². The number of ether oxygens (including phenoxy) is 3. The van der Waals surface area contributed by atoms with Crippen LogP contribution in [0, 0.1) is 18.6 Å². The number of methoxy groups -OCH3 is 2. The zero-order chi connectivity index (χ0) is 24.0. The van der Waals surface area contributed by atoms with Gasteiger partial charge in [0.05, 0.1) is 14.2 Å². The van der Waals surface area contributed by atoms with Gasteiger partial charge in [0.25, 0.3) is 0 Å². The highest BCUT2D eigenvalue weighted by molar-refractivity contribution is 9.10. The quantitative estimate of drug-likeness (QED) is 0.276. The van der Waals surface area contributed by atoms with Crippen molar-refractivity contribution in [1.82, 2.24) is 0 Å². The smallest absolute Gasteiger partial charge is 0.178 e. The highest BCUT2D eigenvalue weighted by Gasteiger charge is 2.39. The number of fused-ring (bicyclic) bond motifs is 3. The fourth-order valence-corrected chi connectivity index (χ4v) is 5.07. The molecular formula is C28H21BrF2O3. The summed E-state index contributed by atoms with van der Waals surface area (Å²) in [5, 5.41) is 1.89. The number of halogens is 3. The van der Waals surface area contributed by atoms with E-state index in [9.17, 15) is 8.78 Å². The second-order valence-electron chi connectivity index (χ2n) is 8.14. The lowest BCUT2D eigenvalue weighted by molar-refractivity contribution is 0.162. The maximum Gasteiger partial charge on any atom is 0.178 e. The van der Waals surface area contributed by atoms with Gasteiger partial charge < -0.3 is 14.2 Å². The minimum Gasteiger partial charge on any atom is -0.494 e. The summed E-state index contributed by atoms with van der Waals surface area (Å²) in [6, 6.07) is 17.3. The summed E-state index contributed by atoms with van der Waals surface area (Å²) in [6.45, 7) is 2.01. The van der Waals surface area contributed by atoms with Crippen LogP contribution in [0.1, 0.15) is 22.3 Å². The minimum atomic E-state index is -1.29. The number of hydrogen-bond donors (Lipinski definition) is 0. The highest BCUT2D eigenvalue weighted by atomic mass is 79.9. The summed E-state index contributed by atoms with van der Waals surface area (Å²) < 4.78 is 47.6. The summed E-state index contributed by atoms with van der Waals surface area (Å²) in [5.74, 6) is -0.205. The number of benzene rings is 4. The first-order valence-electron chi connectivity index (χ1n) is 10.7. The van der Waals surface area contributed by atoms with Crippen molar-refractivity contribution in [3.63, 3.8) is 0 Å². The normalized spacial score (nSPS) is 13.9. The van der Waals surface area contributed by atoms with E-state index >= 15 is 0 Å². The molecule has 3 nitrogen and oxygen atoms in total. The van der Waals surface area contributed by atoms with Crippen molar-refractivity contribution < 1.29 is 23.0 Å². The fourth-order valence-electron chi connectivity index (χ4n) is 4.51.